The van der Waals surface area contributed by atoms with Gasteiger partial charge in [0.05, 0.1) is 12.0 Å². The lowest BCUT2D eigenvalue weighted by Gasteiger charge is -2.28. The molecule has 0 bridgehead atoms. The highest BCUT2D eigenvalue weighted by atomic mass is 32.2. The normalized spacial score (nSPS) is 16.1. The molecule has 0 unspecified atom stereocenters. The number of aliphatic carboxylic acids is 1. The smallest absolute Gasteiger partial charge is 0.305 e. The minimum atomic E-state index is -0.857. The van der Waals surface area contributed by atoms with Crippen LogP contribution in [0.25, 0.3) is 0 Å². The van der Waals surface area contributed by atoms with Crippen LogP contribution >= 0.6 is 11.8 Å². The first-order valence-electron chi connectivity index (χ1n) is 8.26. The van der Waals surface area contributed by atoms with Gasteiger partial charge in [0.15, 0.2) is 5.16 Å². The Morgan fingerprint density at radius 2 is 1.79 bits per heavy atom. The first kappa shape index (κ1) is 18.7. The Kier molecular flexibility index (Phi) is 6.21. The number of carbonyl (C=O) groups excluding carboxylic acids is 1. The Morgan fingerprint density at radius 1 is 1.21 bits per heavy atom. The second-order valence-electron chi connectivity index (χ2n) is 6.47. The summed E-state index contributed by atoms with van der Waals surface area (Å²) >= 11 is 1.50. The lowest BCUT2D eigenvalue weighted by atomic mass is 9.92. The van der Waals surface area contributed by atoms with Crippen LogP contribution in [0.15, 0.2) is 5.16 Å². The molecule has 0 atom stereocenters. The van der Waals surface area contributed by atoms with Crippen molar-refractivity contribution < 1.29 is 14.7 Å². The number of aryl methyl sites for hydroxylation is 2. The van der Waals surface area contributed by atoms with Crippen LogP contribution in [0, 0.1) is 13.8 Å². The third-order valence-corrected chi connectivity index (χ3v) is 5.19. The van der Waals surface area contributed by atoms with Crippen LogP contribution in [0.2, 0.25) is 0 Å². The van der Waals surface area contributed by atoms with Crippen LogP contribution in [0.1, 0.15) is 55.5 Å². The van der Waals surface area contributed by atoms with E-state index in [4.69, 9.17) is 5.11 Å². The number of carboxylic acid groups (broad SMARTS) is 1. The summed E-state index contributed by atoms with van der Waals surface area (Å²) < 4.78 is 0. The zero-order valence-corrected chi connectivity index (χ0v) is 15.3. The number of hydrogen-bond donors (Lipinski definition) is 2. The second-order valence-corrected chi connectivity index (χ2v) is 7.24. The molecule has 2 rings (SSSR count). The quantitative estimate of drug-likeness (QED) is 0.579. The van der Waals surface area contributed by atoms with Gasteiger partial charge in [0, 0.05) is 17.8 Å². The molecule has 7 heteroatoms. The SMILES string of the molecule is CSc1nc(C)c(CCC(=O)NC2(CC(=O)O)CCCC2)c(C)n1. The van der Waals surface area contributed by atoms with Crippen LogP contribution in [0.3, 0.4) is 0 Å². The van der Waals surface area contributed by atoms with Crippen molar-refractivity contribution >= 4 is 23.6 Å². The van der Waals surface area contributed by atoms with Crippen molar-refractivity contribution in [1.82, 2.24) is 15.3 Å². The van der Waals surface area contributed by atoms with Gasteiger partial charge in [-0.05, 0) is 44.9 Å². The summed E-state index contributed by atoms with van der Waals surface area (Å²) in [4.78, 5) is 32.3. The van der Waals surface area contributed by atoms with Crippen molar-refractivity contribution in [2.45, 2.75) is 69.5 Å². The minimum absolute atomic E-state index is 0.00231. The van der Waals surface area contributed by atoms with Crippen molar-refractivity contribution in [2.24, 2.45) is 0 Å². The van der Waals surface area contributed by atoms with Gasteiger partial charge in [-0.2, -0.15) is 0 Å². The molecule has 0 aliphatic heterocycles. The molecule has 1 saturated carbocycles. The number of nitrogens with zero attached hydrogens (tertiary/aromatic N) is 2. The largest absolute Gasteiger partial charge is 0.481 e. The second kappa shape index (κ2) is 7.96. The first-order valence-corrected chi connectivity index (χ1v) is 9.48. The summed E-state index contributed by atoms with van der Waals surface area (Å²) in [5, 5.41) is 12.8. The van der Waals surface area contributed by atoms with Gasteiger partial charge < -0.3 is 10.4 Å². The predicted molar refractivity (Wildman–Crippen MR) is 93.2 cm³/mol. The lowest BCUT2D eigenvalue weighted by Crippen LogP contribution is -2.47. The fourth-order valence-corrected chi connectivity index (χ4v) is 3.90. The van der Waals surface area contributed by atoms with Crippen LogP contribution < -0.4 is 5.32 Å². The third kappa shape index (κ3) is 4.69. The van der Waals surface area contributed by atoms with Crippen LogP contribution in [0.4, 0.5) is 0 Å². The van der Waals surface area contributed by atoms with Gasteiger partial charge in [-0.1, -0.05) is 24.6 Å². The molecular formula is C17H25N3O3S. The Labute approximate surface area is 146 Å². The number of carboxylic acids is 1. The lowest BCUT2D eigenvalue weighted by molar-refractivity contribution is -0.139. The topological polar surface area (TPSA) is 92.2 Å². The highest BCUT2D eigenvalue weighted by molar-refractivity contribution is 7.98. The maximum Gasteiger partial charge on any atom is 0.305 e. The molecule has 1 amide bonds. The average molecular weight is 351 g/mol. The van der Waals surface area contributed by atoms with E-state index in [0.717, 1.165) is 47.8 Å². The molecule has 1 aliphatic carbocycles. The van der Waals surface area contributed by atoms with E-state index < -0.39 is 11.5 Å². The van der Waals surface area contributed by atoms with E-state index >= 15 is 0 Å². The monoisotopic (exact) mass is 351 g/mol. The fourth-order valence-electron chi connectivity index (χ4n) is 3.45. The Bertz CT molecular complexity index is 605. The number of thioether (sulfide) groups is 1. The maximum absolute atomic E-state index is 12.4. The van der Waals surface area contributed by atoms with E-state index in [9.17, 15) is 9.59 Å². The standard InChI is InChI=1S/C17H25N3O3S/c1-11-13(12(2)19-16(18-11)24-3)6-7-14(21)20-17(10-15(22)23)8-4-5-9-17/h4-10H2,1-3H3,(H,20,21)(H,22,23). The summed E-state index contributed by atoms with van der Waals surface area (Å²) in [6.07, 6.45) is 6.26. The zero-order chi connectivity index (χ0) is 17.7. The van der Waals surface area contributed by atoms with E-state index in [1.807, 2.05) is 20.1 Å². The Hall–Kier alpha value is -1.63. The fraction of sp³-hybridized carbons (Fsp3) is 0.647. The van der Waals surface area contributed by atoms with Crippen LogP contribution in [-0.2, 0) is 16.0 Å². The molecule has 1 heterocycles. The minimum Gasteiger partial charge on any atom is -0.481 e. The molecule has 0 aromatic carbocycles. The van der Waals surface area contributed by atoms with Crippen LogP contribution in [0.5, 0.6) is 0 Å². The van der Waals surface area contributed by atoms with E-state index in [0.29, 0.717) is 12.8 Å². The molecule has 1 aliphatic rings. The highest BCUT2D eigenvalue weighted by Gasteiger charge is 2.37. The number of amides is 1. The van der Waals surface area contributed by atoms with E-state index in [2.05, 4.69) is 15.3 Å². The number of hydrogen-bond acceptors (Lipinski definition) is 5. The molecule has 1 aromatic rings. The summed E-state index contributed by atoms with van der Waals surface area (Å²) in [7, 11) is 0. The van der Waals surface area contributed by atoms with Gasteiger partial charge in [0.25, 0.3) is 0 Å². The molecule has 0 radical (unpaired) electrons. The molecule has 1 fully saturated rings. The Balaban J connectivity index is 1.99. The van der Waals surface area contributed by atoms with Gasteiger partial charge in [0.2, 0.25) is 5.91 Å². The summed E-state index contributed by atoms with van der Waals surface area (Å²) in [5.74, 6) is -0.948. The van der Waals surface area contributed by atoms with Crippen LogP contribution in [-0.4, -0.2) is 38.7 Å². The highest BCUT2D eigenvalue weighted by Crippen LogP contribution is 2.32. The molecule has 0 saturated heterocycles. The van der Waals surface area contributed by atoms with Gasteiger partial charge >= 0.3 is 5.97 Å². The number of rotatable bonds is 7. The van der Waals surface area contributed by atoms with Gasteiger partial charge in [-0.3, -0.25) is 9.59 Å². The van der Waals surface area contributed by atoms with Crippen molar-refractivity contribution in [3.8, 4) is 0 Å². The molecular weight excluding hydrogens is 326 g/mol. The Morgan fingerprint density at radius 3 is 2.29 bits per heavy atom. The van der Waals surface area contributed by atoms with Crippen molar-refractivity contribution in [3.63, 3.8) is 0 Å². The zero-order valence-electron chi connectivity index (χ0n) is 14.5. The first-order chi connectivity index (χ1) is 11.3. The van der Waals surface area contributed by atoms with Gasteiger partial charge in [-0.15, -0.1) is 0 Å². The van der Waals surface area contributed by atoms with Crippen molar-refractivity contribution in [3.05, 3.63) is 17.0 Å². The summed E-state index contributed by atoms with van der Waals surface area (Å²) in [5.41, 5.74) is 2.25. The molecule has 1 aromatic heterocycles. The van der Waals surface area contributed by atoms with Gasteiger partial charge in [-0.25, -0.2) is 9.97 Å². The molecule has 6 nitrogen and oxygen atoms in total. The number of nitrogens with one attached hydrogen (secondary N) is 1. The van der Waals surface area contributed by atoms with E-state index in [1.165, 1.54) is 11.8 Å². The molecule has 132 valence electrons. The molecule has 0 spiro atoms. The van der Waals surface area contributed by atoms with E-state index in [1.54, 1.807) is 0 Å². The third-order valence-electron chi connectivity index (χ3n) is 4.64. The van der Waals surface area contributed by atoms with Crippen molar-refractivity contribution in [1.29, 1.82) is 0 Å². The van der Waals surface area contributed by atoms with E-state index in [-0.39, 0.29) is 12.3 Å². The number of carbonyl (C=O) groups is 2. The molecule has 24 heavy (non-hydrogen) atoms. The van der Waals surface area contributed by atoms with Gasteiger partial charge in [0.1, 0.15) is 0 Å². The molecule has 2 N–H and O–H groups in total. The predicted octanol–water partition coefficient (Wildman–Crippen LogP) is 2.65. The summed E-state index contributed by atoms with van der Waals surface area (Å²) in [6.45, 7) is 3.87. The average Bonchev–Trinajstić information content (AvgIpc) is 2.93. The van der Waals surface area contributed by atoms with Crippen molar-refractivity contribution in [2.75, 3.05) is 6.26 Å². The maximum atomic E-state index is 12.4. The number of aromatic nitrogens is 2. The summed E-state index contributed by atoms with van der Waals surface area (Å²) in [6, 6.07) is 0.